The van der Waals surface area contributed by atoms with Gasteiger partial charge in [0.25, 0.3) is 0 Å². The third-order valence-electron chi connectivity index (χ3n) is 6.17. The Kier molecular flexibility index (Phi) is 9.25. The van der Waals surface area contributed by atoms with E-state index in [4.69, 9.17) is 0 Å². The van der Waals surface area contributed by atoms with Gasteiger partial charge >= 0.3 is 0 Å². The van der Waals surface area contributed by atoms with E-state index in [-0.39, 0.29) is 24.0 Å². The van der Waals surface area contributed by atoms with Crippen molar-refractivity contribution in [1.29, 1.82) is 0 Å². The van der Waals surface area contributed by atoms with Gasteiger partial charge in [-0.1, -0.05) is 43.3 Å². The van der Waals surface area contributed by atoms with Gasteiger partial charge in [-0.25, -0.2) is 9.97 Å². The van der Waals surface area contributed by atoms with Crippen LogP contribution in [0.4, 0.5) is 0 Å². The molecule has 1 N–H and O–H groups in total. The molecule has 1 fully saturated rings. The van der Waals surface area contributed by atoms with E-state index in [2.05, 4.69) is 73.4 Å². The van der Waals surface area contributed by atoms with Crippen molar-refractivity contribution in [3.8, 4) is 5.82 Å². The van der Waals surface area contributed by atoms with Crippen LogP contribution in [-0.4, -0.2) is 63.5 Å². The second-order valence-electron chi connectivity index (χ2n) is 8.13. The van der Waals surface area contributed by atoms with Crippen molar-refractivity contribution in [3.05, 3.63) is 78.0 Å². The highest BCUT2D eigenvalue weighted by Crippen LogP contribution is 2.25. The first kappa shape index (κ1) is 25.2. The van der Waals surface area contributed by atoms with Gasteiger partial charge in [0.05, 0.1) is 0 Å². The number of imidazole rings is 1. The predicted molar refractivity (Wildman–Crippen MR) is 144 cm³/mol. The van der Waals surface area contributed by atoms with E-state index >= 15 is 0 Å². The number of nitrogens with one attached hydrogen (secondary N) is 1. The average Bonchev–Trinajstić information content (AvgIpc) is 3.28. The first-order valence-electron chi connectivity index (χ1n) is 11.4. The second kappa shape index (κ2) is 12.1. The van der Waals surface area contributed by atoms with Crippen LogP contribution >= 0.6 is 24.0 Å². The molecule has 0 radical (unpaired) electrons. The highest BCUT2D eigenvalue weighted by molar-refractivity contribution is 14.0. The number of nitrogens with zero attached hydrogens (tertiary/aromatic N) is 6. The minimum Gasteiger partial charge on any atom is -0.352 e. The maximum absolute atomic E-state index is 4.59. The first-order valence-corrected chi connectivity index (χ1v) is 11.4. The van der Waals surface area contributed by atoms with Crippen LogP contribution in [-0.2, 0) is 6.54 Å². The van der Waals surface area contributed by atoms with Gasteiger partial charge in [0, 0.05) is 64.4 Å². The summed E-state index contributed by atoms with van der Waals surface area (Å²) in [5.74, 6) is 2.76. The fourth-order valence-corrected chi connectivity index (χ4v) is 4.42. The normalized spacial score (nSPS) is 15.7. The molecular weight excluding hydrogens is 525 g/mol. The fraction of sp³-hybridized carbons (Fsp3) is 0.400. The van der Waals surface area contributed by atoms with E-state index in [9.17, 15) is 0 Å². The number of aromatic nitrogens is 3. The zero-order chi connectivity index (χ0) is 22.3. The van der Waals surface area contributed by atoms with E-state index in [1.807, 2.05) is 37.0 Å². The number of halogens is 1. The first-order chi connectivity index (χ1) is 15.7. The van der Waals surface area contributed by atoms with Crippen molar-refractivity contribution in [2.45, 2.75) is 32.9 Å². The smallest absolute Gasteiger partial charge is 0.194 e. The molecule has 0 aliphatic carbocycles. The number of aryl methyl sites for hydroxylation is 1. The standard InChI is InChI=1S/C25H33N7.HI/c1-4-23(22-8-6-5-7-9-22)30-14-16-31(17-15-30)25(26-3)29-19-21-10-11-24(28-18-21)32-13-12-27-20(32)2;/h5-13,18,23H,4,14-17,19H2,1-3H3,(H,26,29);1H. The SMILES string of the molecule is CCC(c1ccccc1)N1CCN(C(=NC)NCc2ccc(-n3ccnc3C)nc2)CC1.I. The molecule has 1 aliphatic rings. The summed E-state index contributed by atoms with van der Waals surface area (Å²) in [6.45, 7) is 8.97. The molecule has 1 aromatic carbocycles. The summed E-state index contributed by atoms with van der Waals surface area (Å²) < 4.78 is 1.98. The summed E-state index contributed by atoms with van der Waals surface area (Å²) in [4.78, 5) is 18.3. The lowest BCUT2D eigenvalue weighted by atomic mass is 10.0. The van der Waals surface area contributed by atoms with Crippen LogP contribution in [0.25, 0.3) is 5.82 Å². The number of guanidine groups is 1. The molecule has 33 heavy (non-hydrogen) atoms. The van der Waals surface area contributed by atoms with E-state index < -0.39 is 0 Å². The van der Waals surface area contributed by atoms with Crippen molar-refractivity contribution in [2.24, 2.45) is 4.99 Å². The summed E-state index contributed by atoms with van der Waals surface area (Å²) in [6, 6.07) is 15.5. The van der Waals surface area contributed by atoms with Crippen molar-refractivity contribution >= 4 is 29.9 Å². The Labute approximate surface area is 214 Å². The number of rotatable bonds is 6. The minimum atomic E-state index is 0. The number of hydrogen-bond acceptors (Lipinski definition) is 4. The van der Waals surface area contributed by atoms with E-state index in [0.29, 0.717) is 12.6 Å². The lowest BCUT2D eigenvalue weighted by Gasteiger charge is -2.40. The zero-order valence-corrected chi connectivity index (χ0v) is 22.0. The molecule has 0 amide bonds. The highest BCUT2D eigenvalue weighted by Gasteiger charge is 2.25. The van der Waals surface area contributed by atoms with Crippen LogP contribution in [0.2, 0.25) is 0 Å². The Morgan fingerprint density at radius 3 is 2.39 bits per heavy atom. The van der Waals surface area contributed by atoms with Gasteiger partial charge in [-0.05, 0) is 30.5 Å². The summed E-state index contributed by atoms with van der Waals surface area (Å²) in [6.07, 6.45) is 6.76. The lowest BCUT2D eigenvalue weighted by Crippen LogP contribution is -2.52. The summed E-state index contributed by atoms with van der Waals surface area (Å²) in [5, 5.41) is 3.51. The van der Waals surface area contributed by atoms with Gasteiger partial charge in [-0.2, -0.15) is 0 Å². The van der Waals surface area contributed by atoms with Gasteiger partial charge in [-0.3, -0.25) is 14.5 Å². The quantitative estimate of drug-likeness (QED) is 0.281. The largest absolute Gasteiger partial charge is 0.352 e. The molecule has 0 spiro atoms. The van der Waals surface area contributed by atoms with Crippen LogP contribution in [0.5, 0.6) is 0 Å². The van der Waals surface area contributed by atoms with E-state index in [1.54, 1.807) is 6.20 Å². The van der Waals surface area contributed by atoms with Crippen LogP contribution in [0, 0.1) is 6.92 Å². The Morgan fingerprint density at radius 1 is 1.06 bits per heavy atom. The van der Waals surface area contributed by atoms with Crippen molar-refractivity contribution in [1.82, 2.24) is 29.7 Å². The number of hydrogen-bond donors (Lipinski definition) is 1. The van der Waals surface area contributed by atoms with Gasteiger partial charge in [-0.15, -0.1) is 24.0 Å². The maximum Gasteiger partial charge on any atom is 0.194 e. The third-order valence-corrected chi connectivity index (χ3v) is 6.17. The Morgan fingerprint density at radius 2 is 1.82 bits per heavy atom. The van der Waals surface area contributed by atoms with Crippen LogP contribution in [0.15, 0.2) is 66.0 Å². The number of pyridine rings is 1. The molecule has 1 atom stereocenters. The van der Waals surface area contributed by atoms with Gasteiger partial charge in [0.15, 0.2) is 5.96 Å². The highest BCUT2D eigenvalue weighted by atomic mass is 127. The Hall–Kier alpha value is -2.46. The third kappa shape index (κ3) is 6.11. The molecule has 0 saturated carbocycles. The monoisotopic (exact) mass is 559 g/mol. The molecule has 1 aliphatic heterocycles. The topological polar surface area (TPSA) is 61.6 Å². The number of aliphatic imine (C=N–C) groups is 1. The maximum atomic E-state index is 4.59. The van der Waals surface area contributed by atoms with Crippen molar-refractivity contribution in [2.75, 3.05) is 33.2 Å². The summed E-state index contributed by atoms with van der Waals surface area (Å²) in [5.41, 5.74) is 2.54. The zero-order valence-electron chi connectivity index (χ0n) is 19.7. The van der Waals surface area contributed by atoms with Crippen LogP contribution in [0.3, 0.4) is 0 Å². The van der Waals surface area contributed by atoms with Crippen molar-refractivity contribution < 1.29 is 0 Å². The molecule has 4 rings (SSSR count). The molecule has 3 heterocycles. The van der Waals surface area contributed by atoms with E-state index in [0.717, 1.165) is 55.8 Å². The molecule has 1 unspecified atom stereocenters. The van der Waals surface area contributed by atoms with Gasteiger partial charge in [0.2, 0.25) is 0 Å². The minimum absolute atomic E-state index is 0. The molecule has 8 heteroatoms. The molecular formula is C25H34IN7. The lowest BCUT2D eigenvalue weighted by molar-refractivity contribution is 0.127. The van der Waals surface area contributed by atoms with E-state index in [1.165, 1.54) is 5.56 Å². The van der Waals surface area contributed by atoms with Crippen molar-refractivity contribution in [3.63, 3.8) is 0 Å². The molecule has 176 valence electrons. The molecule has 2 aromatic heterocycles. The Bertz CT molecular complexity index is 1010. The molecule has 7 nitrogen and oxygen atoms in total. The second-order valence-corrected chi connectivity index (χ2v) is 8.13. The summed E-state index contributed by atoms with van der Waals surface area (Å²) in [7, 11) is 1.86. The van der Waals surface area contributed by atoms with Gasteiger partial charge < -0.3 is 10.2 Å². The summed E-state index contributed by atoms with van der Waals surface area (Å²) >= 11 is 0. The van der Waals surface area contributed by atoms with Gasteiger partial charge in [0.1, 0.15) is 11.6 Å². The average molecular weight is 560 g/mol. The Balaban J connectivity index is 0.00000306. The molecule has 3 aromatic rings. The molecule has 0 bridgehead atoms. The van der Waals surface area contributed by atoms with Crippen LogP contribution < -0.4 is 5.32 Å². The fourth-order valence-electron chi connectivity index (χ4n) is 4.42. The number of piperazine rings is 1. The number of benzene rings is 1. The van der Waals surface area contributed by atoms with Crippen LogP contribution in [0.1, 0.15) is 36.3 Å². The molecule has 1 saturated heterocycles. The predicted octanol–water partition coefficient (Wildman–Crippen LogP) is 4.04.